The molecule has 0 saturated carbocycles. The number of hydrogen-bond acceptors (Lipinski definition) is 5. The molecule has 0 heterocycles. The predicted molar refractivity (Wildman–Crippen MR) is 162 cm³/mol. The van der Waals surface area contributed by atoms with Gasteiger partial charge in [-0.1, -0.05) is 61.5 Å². The van der Waals surface area contributed by atoms with Gasteiger partial charge in [-0.3, -0.25) is 4.79 Å². The molecule has 41 heavy (non-hydrogen) atoms. The summed E-state index contributed by atoms with van der Waals surface area (Å²) < 4.78 is 28.3. The minimum Gasteiger partial charge on any atom is -0.481 e. The number of fused-ring (bicyclic) bond motifs is 1. The van der Waals surface area contributed by atoms with Crippen molar-refractivity contribution in [2.75, 3.05) is 20.1 Å². The number of sulfonamides is 1. The number of aryl methyl sites for hydroxylation is 1. The molecule has 7 nitrogen and oxygen atoms in total. The fourth-order valence-corrected chi connectivity index (χ4v) is 7.36. The Morgan fingerprint density at radius 2 is 1.63 bits per heavy atom. The van der Waals surface area contributed by atoms with Crippen LogP contribution in [0.1, 0.15) is 49.4 Å². The number of aliphatic hydroxyl groups excluding tert-OH is 1. The number of carbonyl (C=O) groups is 1. The van der Waals surface area contributed by atoms with E-state index in [0.29, 0.717) is 30.0 Å². The number of aliphatic carboxylic acids is 1. The first-order valence-corrected chi connectivity index (χ1v) is 15.7. The first-order valence-electron chi connectivity index (χ1n) is 14.3. The Morgan fingerprint density at radius 1 is 1.02 bits per heavy atom. The van der Waals surface area contributed by atoms with Gasteiger partial charge in [0, 0.05) is 25.7 Å². The van der Waals surface area contributed by atoms with E-state index in [-0.39, 0.29) is 23.4 Å². The van der Waals surface area contributed by atoms with Crippen molar-refractivity contribution in [3.8, 4) is 11.1 Å². The SMILES string of the molecule is CCc1cc(-c2ccc(CC(=O)O)cc2)ccc1S(=O)(=O)N(C)CC(O)CNC(C)(C)CC1Cc2ccccc2C1. The summed E-state index contributed by atoms with van der Waals surface area (Å²) in [5, 5.41) is 23.2. The number of carboxylic acid groups (broad SMARTS) is 1. The Morgan fingerprint density at radius 3 is 2.22 bits per heavy atom. The molecular weight excluding hydrogens is 536 g/mol. The van der Waals surface area contributed by atoms with Gasteiger partial charge < -0.3 is 15.5 Å². The van der Waals surface area contributed by atoms with E-state index in [1.807, 2.05) is 25.1 Å². The number of likely N-dealkylation sites (N-methyl/N-ethyl adjacent to an activating group) is 1. The molecule has 0 spiro atoms. The van der Waals surface area contributed by atoms with E-state index in [4.69, 9.17) is 5.11 Å². The molecule has 1 aliphatic rings. The molecule has 0 radical (unpaired) electrons. The highest BCUT2D eigenvalue weighted by Gasteiger charge is 2.30. The van der Waals surface area contributed by atoms with Crippen LogP contribution in [0.25, 0.3) is 11.1 Å². The third-order valence-electron chi connectivity index (χ3n) is 7.99. The van der Waals surface area contributed by atoms with Crippen molar-refractivity contribution in [1.29, 1.82) is 0 Å². The molecule has 0 aromatic heterocycles. The zero-order valence-corrected chi connectivity index (χ0v) is 25.2. The molecule has 1 unspecified atom stereocenters. The number of carboxylic acids is 1. The molecule has 3 N–H and O–H groups in total. The molecule has 1 atom stereocenters. The molecule has 0 saturated heterocycles. The Balaban J connectivity index is 1.36. The fraction of sp³-hybridized carbons (Fsp3) is 0.424. The van der Waals surface area contributed by atoms with E-state index in [2.05, 4.69) is 43.4 Å². The lowest BCUT2D eigenvalue weighted by Crippen LogP contribution is -2.47. The minimum absolute atomic E-state index is 0.0176. The van der Waals surface area contributed by atoms with E-state index >= 15 is 0 Å². The average Bonchev–Trinajstić information content (AvgIpc) is 3.33. The van der Waals surface area contributed by atoms with E-state index in [9.17, 15) is 18.3 Å². The first-order chi connectivity index (χ1) is 19.4. The third kappa shape index (κ3) is 7.83. The first kappa shape index (κ1) is 30.9. The van der Waals surface area contributed by atoms with Crippen LogP contribution in [0.2, 0.25) is 0 Å². The third-order valence-corrected chi connectivity index (χ3v) is 9.91. The molecule has 8 heteroatoms. The van der Waals surface area contributed by atoms with Crippen molar-refractivity contribution in [3.05, 3.63) is 89.0 Å². The lowest BCUT2D eigenvalue weighted by atomic mass is 9.88. The fourth-order valence-electron chi connectivity index (χ4n) is 5.89. The van der Waals surface area contributed by atoms with Gasteiger partial charge in [0.2, 0.25) is 10.0 Å². The van der Waals surface area contributed by atoms with Gasteiger partial charge in [-0.25, -0.2) is 8.42 Å². The largest absolute Gasteiger partial charge is 0.481 e. The molecule has 0 fully saturated rings. The maximum Gasteiger partial charge on any atom is 0.307 e. The standard InChI is InChI=1S/C33H42N2O5S/c1-5-25-19-29(26-12-10-23(11-13-26)18-32(37)38)14-15-31(25)41(39,40)35(4)22-30(36)21-34-33(2,3)20-24-16-27-8-6-7-9-28(27)17-24/h6-15,19,24,30,34,36H,5,16-18,20-22H2,1-4H3,(H,37,38). The summed E-state index contributed by atoms with van der Waals surface area (Å²) in [6.07, 6.45) is 2.73. The van der Waals surface area contributed by atoms with Crippen LogP contribution in [0.3, 0.4) is 0 Å². The highest BCUT2D eigenvalue weighted by molar-refractivity contribution is 7.89. The maximum absolute atomic E-state index is 13.5. The smallest absolute Gasteiger partial charge is 0.307 e. The molecule has 0 bridgehead atoms. The van der Waals surface area contributed by atoms with Crippen LogP contribution in [0.15, 0.2) is 71.6 Å². The monoisotopic (exact) mass is 578 g/mol. The molecule has 0 aliphatic heterocycles. The number of nitrogens with zero attached hydrogens (tertiary/aromatic N) is 1. The lowest BCUT2D eigenvalue weighted by molar-refractivity contribution is -0.136. The predicted octanol–water partition coefficient (Wildman–Crippen LogP) is 4.70. The molecule has 3 aromatic rings. The molecule has 220 valence electrons. The van der Waals surface area contributed by atoms with Crippen LogP contribution < -0.4 is 5.32 Å². The van der Waals surface area contributed by atoms with Crippen LogP contribution in [-0.2, 0) is 40.5 Å². The zero-order valence-electron chi connectivity index (χ0n) is 24.4. The number of nitrogens with one attached hydrogen (secondary N) is 1. The molecule has 3 aromatic carbocycles. The van der Waals surface area contributed by atoms with Crippen molar-refractivity contribution in [2.45, 2.75) is 69.4 Å². The van der Waals surface area contributed by atoms with Crippen molar-refractivity contribution in [3.63, 3.8) is 0 Å². The van der Waals surface area contributed by atoms with Gasteiger partial charge in [0.05, 0.1) is 17.4 Å². The maximum atomic E-state index is 13.5. The van der Waals surface area contributed by atoms with Crippen molar-refractivity contribution in [2.24, 2.45) is 5.92 Å². The van der Waals surface area contributed by atoms with Gasteiger partial charge in [0.1, 0.15) is 0 Å². The normalized spacial score (nSPS) is 14.8. The number of aliphatic hydroxyl groups is 1. The molecule has 0 amide bonds. The summed E-state index contributed by atoms with van der Waals surface area (Å²) in [5.74, 6) is -0.335. The number of β-amino-alcohol motifs (C(OH)–C–C–N with tert-alkyl or cyclic N) is 1. The van der Waals surface area contributed by atoms with E-state index in [0.717, 1.165) is 30.4 Å². The number of benzene rings is 3. The highest BCUT2D eigenvalue weighted by atomic mass is 32.2. The highest BCUT2D eigenvalue weighted by Crippen LogP contribution is 2.32. The summed E-state index contributed by atoms with van der Waals surface area (Å²) in [6.45, 7) is 6.47. The zero-order chi connectivity index (χ0) is 29.8. The van der Waals surface area contributed by atoms with Crippen molar-refractivity contribution in [1.82, 2.24) is 9.62 Å². The van der Waals surface area contributed by atoms with Crippen molar-refractivity contribution >= 4 is 16.0 Å². The van der Waals surface area contributed by atoms with Crippen LogP contribution in [0.5, 0.6) is 0 Å². The second-order valence-electron chi connectivity index (χ2n) is 11.9. The van der Waals surface area contributed by atoms with E-state index < -0.39 is 22.1 Å². The summed E-state index contributed by atoms with van der Waals surface area (Å²) in [5.41, 5.74) is 5.80. The average molecular weight is 579 g/mol. The van der Waals surface area contributed by atoms with Gasteiger partial charge in [0.25, 0.3) is 0 Å². The number of hydrogen-bond donors (Lipinski definition) is 3. The van der Waals surface area contributed by atoms with Gasteiger partial charge >= 0.3 is 5.97 Å². The van der Waals surface area contributed by atoms with Crippen LogP contribution in [0, 0.1) is 5.92 Å². The Kier molecular flexibility index (Phi) is 9.70. The lowest BCUT2D eigenvalue weighted by Gasteiger charge is -2.31. The summed E-state index contributed by atoms with van der Waals surface area (Å²) in [7, 11) is -2.31. The quantitative estimate of drug-likeness (QED) is 0.272. The molecule has 1 aliphatic carbocycles. The van der Waals surface area contributed by atoms with E-state index in [1.54, 1.807) is 24.3 Å². The number of rotatable bonds is 13. The summed E-state index contributed by atoms with van der Waals surface area (Å²) in [6, 6.07) is 21.1. The van der Waals surface area contributed by atoms with Crippen LogP contribution in [-0.4, -0.2) is 60.7 Å². The molecular formula is C33H42N2O5S. The molecule has 4 rings (SSSR count). The van der Waals surface area contributed by atoms with Gasteiger partial charge in [-0.2, -0.15) is 4.31 Å². The Hall–Kier alpha value is -3.04. The summed E-state index contributed by atoms with van der Waals surface area (Å²) >= 11 is 0. The summed E-state index contributed by atoms with van der Waals surface area (Å²) in [4.78, 5) is 11.2. The van der Waals surface area contributed by atoms with Gasteiger partial charge in [0.15, 0.2) is 0 Å². The van der Waals surface area contributed by atoms with Crippen LogP contribution >= 0.6 is 0 Å². The van der Waals surface area contributed by atoms with Gasteiger partial charge in [-0.05, 0) is 91.0 Å². The topological polar surface area (TPSA) is 107 Å². The minimum atomic E-state index is -3.82. The Bertz CT molecular complexity index is 1440. The van der Waals surface area contributed by atoms with E-state index in [1.165, 1.54) is 22.5 Å². The van der Waals surface area contributed by atoms with Gasteiger partial charge in [-0.15, -0.1) is 0 Å². The second-order valence-corrected chi connectivity index (χ2v) is 13.9. The second kappa shape index (κ2) is 12.9. The Labute approximate surface area is 244 Å². The van der Waals surface area contributed by atoms with Crippen LogP contribution in [0.4, 0.5) is 0 Å². The van der Waals surface area contributed by atoms with Crippen molar-refractivity contribution < 1.29 is 23.4 Å².